The zero-order chi connectivity index (χ0) is 12.7. The number of fused-ring (bicyclic) bond motifs is 1. The van der Waals surface area contributed by atoms with Crippen molar-refractivity contribution in [3.05, 3.63) is 29.8 Å². The molecule has 2 amide bonds. The van der Waals surface area contributed by atoms with E-state index in [4.69, 9.17) is 0 Å². The Kier molecular flexibility index (Phi) is 2.47. The lowest BCUT2D eigenvalue weighted by Gasteiger charge is -2.22. The highest BCUT2D eigenvalue weighted by atomic mass is 16.4. The highest BCUT2D eigenvalue weighted by molar-refractivity contribution is 6.01. The Morgan fingerprint density at radius 2 is 2.00 bits per heavy atom. The van der Waals surface area contributed by atoms with E-state index >= 15 is 0 Å². The number of carbonyl (C=O) groups excluding carboxylic acids is 1. The van der Waals surface area contributed by atoms with Crippen LogP contribution in [0, 0.1) is 0 Å². The van der Waals surface area contributed by atoms with Crippen molar-refractivity contribution >= 4 is 17.7 Å². The molecule has 0 saturated heterocycles. The Labute approximate surface area is 104 Å². The molecule has 0 bridgehead atoms. The van der Waals surface area contributed by atoms with Gasteiger partial charge in [-0.2, -0.15) is 0 Å². The van der Waals surface area contributed by atoms with Crippen molar-refractivity contribution in [2.45, 2.75) is 31.3 Å². The Morgan fingerprint density at radius 3 is 2.67 bits per heavy atom. The maximum atomic E-state index is 12.1. The summed E-state index contributed by atoms with van der Waals surface area (Å²) in [5.74, 6) is -0.961. The third-order valence-electron chi connectivity index (χ3n) is 3.38. The van der Waals surface area contributed by atoms with Gasteiger partial charge in [-0.05, 0) is 24.5 Å². The molecule has 3 rings (SSSR count). The summed E-state index contributed by atoms with van der Waals surface area (Å²) in [6.07, 6.45) is 2.35. The molecule has 1 aliphatic heterocycles. The first-order chi connectivity index (χ1) is 8.66. The van der Waals surface area contributed by atoms with E-state index in [-0.39, 0.29) is 12.1 Å². The average molecular weight is 246 g/mol. The van der Waals surface area contributed by atoms with Crippen LogP contribution in [0.3, 0.4) is 0 Å². The fraction of sp³-hybridized carbons (Fsp3) is 0.385. The van der Waals surface area contributed by atoms with Gasteiger partial charge in [0.1, 0.15) is 6.04 Å². The number of hydrogen-bond acceptors (Lipinski definition) is 2. The van der Waals surface area contributed by atoms with Crippen LogP contribution in [-0.4, -0.2) is 29.2 Å². The number of hydrogen-bond donors (Lipinski definition) is 2. The van der Waals surface area contributed by atoms with Crippen LogP contribution in [-0.2, 0) is 11.2 Å². The molecule has 1 saturated carbocycles. The second-order valence-corrected chi connectivity index (χ2v) is 4.78. The zero-order valence-electron chi connectivity index (χ0n) is 9.80. The fourth-order valence-corrected chi connectivity index (χ4v) is 2.31. The van der Waals surface area contributed by atoms with Crippen LogP contribution in [0.4, 0.5) is 10.5 Å². The van der Waals surface area contributed by atoms with Crippen molar-refractivity contribution in [3.63, 3.8) is 0 Å². The number of nitrogens with one attached hydrogen (secondary N) is 1. The molecule has 0 radical (unpaired) electrons. The number of carboxylic acid groups (broad SMARTS) is 1. The molecule has 1 heterocycles. The molecule has 1 unspecified atom stereocenters. The number of aliphatic carboxylic acids is 1. The van der Waals surface area contributed by atoms with Crippen LogP contribution in [0.1, 0.15) is 18.4 Å². The summed E-state index contributed by atoms with van der Waals surface area (Å²) in [4.78, 5) is 24.8. The fourth-order valence-electron chi connectivity index (χ4n) is 2.31. The van der Waals surface area contributed by atoms with E-state index in [0.29, 0.717) is 12.1 Å². The lowest BCUT2D eigenvalue weighted by atomic mass is 10.1. The maximum absolute atomic E-state index is 12.1. The van der Waals surface area contributed by atoms with E-state index in [2.05, 4.69) is 5.32 Å². The third-order valence-corrected chi connectivity index (χ3v) is 3.38. The van der Waals surface area contributed by atoms with E-state index in [1.54, 1.807) is 6.07 Å². The summed E-state index contributed by atoms with van der Waals surface area (Å²) in [7, 11) is 0. The highest BCUT2D eigenvalue weighted by Crippen LogP contribution is 2.32. The molecule has 1 aliphatic carbocycles. The van der Waals surface area contributed by atoms with Crippen LogP contribution in [0.25, 0.3) is 0 Å². The molecule has 0 aromatic heterocycles. The van der Waals surface area contributed by atoms with E-state index < -0.39 is 12.0 Å². The van der Waals surface area contributed by atoms with Crippen molar-refractivity contribution in [3.8, 4) is 0 Å². The van der Waals surface area contributed by atoms with Gasteiger partial charge < -0.3 is 10.4 Å². The van der Waals surface area contributed by atoms with E-state index in [9.17, 15) is 14.7 Å². The summed E-state index contributed by atoms with van der Waals surface area (Å²) in [6.45, 7) is 0. The first kappa shape index (κ1) is 11.1. The smallest absolute Gasteiger partial charge is 0.327 e. The molecule has 1 atom stereocenters. The average Bonchev–Trinajstić information content (AvgIpc) is 3.06. The van der Waals surface area contributed by atoms with Crippen LogP contribution < -0.4 is 10.2 Å². The van der Waals surface area contributed by atoms with Crippen molar-refractivity contribution in [2.24, 2.45) is 0 Å². The quantitative estimate of drug-likeness (QED) is 0.828. The monoisotopic (exact) mass is 246 g/mol. The second-order valence-electron chi connectivity index (χ2n) is 4.78. The van der Waals surface area contributed by atoms with Crippen molar-refractivity contribution in [1.82, 2.24) is 5.32 Å². The molecular formula is C13H14N2O3. The summed E-state index contributed by atoms with van der Waals surface area (Å²) in [5, 5.41) is 12.1. The van der Waals surface area contributed by atoms with Gasteiger partial charge in [-0.25, -0.2) is 9.59 Å². The summed E-state index contributed by atoms with van der Waals surface area (Å²) < 4.78 is 0. The minimum absolute atomic E-state index is 0.222. The lowest BCUT2D eigenvalue weighted by Crippen LogP contribution is -2.48. The zero-order valence-corrected chi connectivity index (χ0v) is 9.80. The predicted octanol–water partition coefficient (Wildman–Crippen LogP) is 1.37. The van der Waals surface area contributed by atoms with Gasteiger partial charge in [0.05, 0.1) is 0 Å². The minimum atomic E-state index is -0.961. The molecule has 94 valence electrons. The number of amides is 2. The minimum Gasteiger partial charge on any atom is -0.480 e. The number of rotatable bonds is 2. The highest BCUT2D eigenvalue weighted by Gasteiger charge is 2.39. The number of benzene rings is 1. The van der Waals surface area contributed by atoms with E-state index in [0.717, 1.165) is 18.4 Å². The van der Waals surface area contributed by atoms with Crippen molar-refractivity contribution in [2.75, 3.05) is 4.90 Å². The summed E-state index contributed by atoms with van der Waals surface area (Å²) >= 11 is 0. The number of urea groups is 1. The molecule has 0 spiro atoms. The molecule has 1 aromatic carbocycles. The first-order valence-corrected chi connectivity index (χ1v) is 6.07. The van der Waals surface area contributed by atoms with Gasteiger partial charge in [0, 0.05) is 18.2 Å². The molecule has 18 heavy (non-hydrogen) atoms. The molecule has 1 aromatic rings. The van der Waals surface area contributed by atoms with Crippen LogP contribution in [0.5, 0.6) is 0 Å². The number of carbonyl (C=O) groups is 2. The molecular weight excluding hydrogens is 232 g/mol. The third kappa shape index (κ3) is 1.81. The van der Waals surface area contributed by atoms with Gasteiger partial charge in [-0.1, -0.05) is 18.2 Å². The second kappa shape index (κ2) is 4.01. The van der Waals surface area contributed by atoms with Crippen LogP contribution in [0.15, 0.2) is 24.3 Å². The molecule has 2 aliphatic rings. The number of anilines is 1. The molecule has 5 nitrogen and oxygen atoms in total. The van der Waals surface area contributed by atoms with Crippen LogP contribution in [0.2, 0.25) is 0 Å². The van der Waals surface area contributed by atoms with E-state index in [1.807, 2.05) is 18.2 Å². The number of carboxylic acids is 1. The van der Waals surface area contributed by atoms with Gasteiger partial charge in [0.2, 0.25) is 0 Å². The van der Waals surface area contributed by atoms with E-state index in [1.165, 1.54) is 4.90 Å². The van der Waals surface area contributed by atoms with Gasteiger partial charge in [0.15, 0.2) is 0 Å². The number of nitrogens with zero attached hydrogens (tertiary/aromatic N) is 1. The SMILES string of the molecule is O=C(O)C1Cc2ccccc2N1C(=O)NC1CC1. The Bertz CT molecular complexity index is 511. The summed E-state index contributed by atoms with van der Waals surface area (Å²) in [6, 6.07) is 6.48. The topological polar surface area (TPSA) is 69.6 Å². The molecule has 1 fully saturated rings. The molecule has 5 heteroatoms. The maximum Gasteiger partial charge on any atom is 0.327 e. The summed E-state index contributed by atoms with van der Waals surface area (Å²) in [5.41, 5.74) is 1.62. The molecule has 2 N–H and O–H groups in total. The Hall–Kier alpha value is -2.04. The van der Waals surface area contributed by atoms with Gasteiger partial charge >= 0.3 is 12.0 Å². The Balaban J connectivity index is 1.91. The van der Waals surface area contributed by atoms with Crippen molar-refractivity contribution < 1.29 is 14.7 Å². The normalized spacial score (nSPS) is 21.6. The van der Waals surface area contributed by atoms with Crippen LogP contribution >= 0.6 is 0 Å². The van der Waals surface area contributed by atoms with Gasteiger partial charge in [-0.15, -0.1) is 0 Å². The standard InChI is InChI=1S/C13H14N2O3/c16-12(17)11-7-8-3-1-2-4-10(8)15(11)13(18)14-9-5-6-9/h1-4,9,11H,5-7H2,(H,14,18)(H,16,17). The van der Waals surface area contributed by atoms with Gasteiger partial charge in [0.25, 0.3) is 0 Å². The largest absolute Gasteiger partial charge is 0.480 e. The number of para-hydroxylation sites is 1. The first-order valence-electron chi connectivity index (χ1n) is 6.07. The lowest BCUT2D eigenvalue weighted by molar-refractivity contribution is -0.138. The van der Waals surface area contributed by atoms with Crippen molar-refractivity contribution in [1.29, 1.82) is 0 Å². The predicted molar refractivity (Wildman–Crippen MR) is 65.6 cm³/mol. The Morgan fingerprint density at radius 1 is 1.28 bits per heavy atom. The van der Waals surface area contributed by atoms with Gasteiger partial charge in [-0.3, -0.25) is 4.90 Å².